The van der Waals surface area contributed by atoms with Gasteiger partial charge in [-0.25, -0.2) is 4.39 Å². The largest absolute Gasteiger partial charge is 0.302 e. The molecule has 174 valence electrons. The van der Waals surface area contributed by atoms with Crippen LogP contribution in [0.4, 0.5) is 4.39 Å². The van der Waals surface area contributed by atoms with Gasteiger partial charge in [0.05, 0.1) is 5.69 Å². The van der Waals surface area contributed by atoms with Gasteiger partial charge in [0.1, 0.15) is 5.82 Å². The third-order valence-electron chi connectivity index (χ3n) is 5.56. The molecular formula is C24H35FN6S. The van der Waals surface area contributed by atoms with E-state index >= 15 is 0 Å². The summed E-state index contributed by atoms with van der Waals surface area (Å²) in [6.07, 6.45) is 13.9. The van der Waals surface area contributed by atoms with Crippen LogP contribution in [0, 0.1) is 5.82 Å². The van der Waals surface area contributed by atoms with Crippen molar-refractivity contribution < 1.29 is 4.39 Å². The molecule has 2 aromatic heterocycles. The second-order valence-electron chi connectivity index (χ2n) is 8.15. The van der Waals surface area contributed by atoms with Gasteiger partial charge in [0, 0.05) is 30.6 Å². The zero-order chi connectivity index (χ0) is 22.6. The maximum absolute atomic E-state index is 13.2. The number of benzene rings is 1. The Hall–Kier alpha value is -2.22. The molecule has 0 amide bonds. The molecule has 0 aliphatic rings. The van der Waals surface area contributed by atoms with E-state index in [0.717, 1.165) is 41.7 Å². The number of hydrogen-bond acceptors (Lipinski definition) is 5. The first-order valence-corrected chi connectivity index (χ1v) is 12.9. The van der Waals surface area contributed by atoms with Crippen molar-refractivity contribution in [3.8, 4) is 11.4 Å². The van der Waals surface area contributed by atoms with Crippen molar-refractivity contribution in [2.45, 2.75) is 95.6 Å². The lowest BCUT2D eigenvalue weighted by Crippen LogP contribution is -2.00. The molecular weight excluding hydrogens is 423 g/mol. The molecule has 0 fully saturated rings. The molecule has 32 heavy (non-hydrogen) atoms. The van der Waals surface area contributed by atoms with E-state index in [1.807, 2.05) is 15.4 Å². The zero-order valence-electron chi connectivity index (χ0n) is 19.3. The quantitative estimate of drug-likeness (QED) is 0.192. The summed E-state index contributed by atoms with van der Waals surface area (Å²) in [5, 5.41) is 18.1. The van der Waals surface area contributed by atoms with Crippen molar-refractivity contribution in [1.29, 1.82) is 0 Å². The van der Waals surface area contributed by atoms with Crippen molar-refractivity contribution in [1.82, 2.24) is 29.8 Å². The number of aryl methyl sites for hydroxylation is 1. The van der Waals surface area contributed by atoms with Crippen molar-refractivity contribution in [2.75, 3.05) is 0 Å². The van der Waals surface area contributed by atoms with Crippen LogP contribution in [0.25, 0.3) is 11.4 Å². The highest BCUT2D eigenvalue weighted by Gasteiger charge is 2.14. The Balaban J connectivity index is 1.41. The van der Waals surface area contributed by atoms with Crippen LogP contribution in [-0.2, 0) is 18.8 Å². The Morgan fingerprint density at radius 3 is 2.22 bits per heavy atom. The number of halogens is 1. The molecule has 0 spiro atoms. The molecule has 8 heteroatoms. The number of hydrogen-bond donors (Lipinski definition) is 0. The molecule has 0 radical (unpaired) electrons. The van der Waals surface area contributed by atoms with E-state index in [9.17, 15) is 4.39 Å². The van der Waals surface area contributed by atoms with Gasteiger partial charge < -0.3 is 4.57 Å². The van der Waals surface area contributed by atoms with Crippen LogP contribution < -0.4 is 0 Å². The first-order chi connectivity index (χ1) is 15.7. The lowest BCUT2D eigenvalue weighted by Gasteiger charge is -2.06. The van der Waals surface area contributed by atoms with Gasteiger partial charge >= 0.3 is 0 Å². The molecule has 0 N–H and O–H groups in total. The molecule has 0 atom stereocenters. The molecule has 0 unspecified atom stereocenters. The van der Waals surface area contributed by atoms with Crippen LogP contribution in [0.2, 0.25) is 0 Å². The van der Waals surface area contributed by atoms with Crippen LogP contribution in [0.5, 0.6) is 0 Å². The SMILES string of the molecule is CCCCCCCCCCCn1cc(CSc2nnc(-c3ccc(F)cc3)n2CC)nn1. The van der Waals surface area contributed by atoms with Gasteiger partial charge in [0.15, 0.2) is 11.0 Å². The minimum atomic E-state index is -0.253. The average Bonchev–Trinajstić information content (AvgIpc) is 3.43. The highest BCUT2D eigenvalue weighted by Crippen LogP contribution is 2.26. The van der Waals surface area contributed by atoms with Gasteiger partial charge in [-0.15, -0.1) is 15.3 Å². The fourth-order valence-electron chi connectivity index (χ4n) is 3.73. The summed E-state index contributed by atoms with van der Waals surface area (Å²) in [6, 6.07) is 6.36. The number of rotatable bonds is 15. The van der Waals surface area contributed by atoms with E-state index < -0.39 is 0 Å². The lowest BCUT2D eigenvalue weighted by molar-refractivity contribution is 0.509. The molecule has 0 saturated carbocycles. The summed E-state index contributed by atoms with van der Waals surface area (Å²) in [6.45, 7) is 5.99. The van der Waals surface area contributed by atoms with Gasteiger partial charge in [0.2, 0.25) is 0 Å². The minimum Gasteiger partial charge on any atom is -0.302 e. The first kappa shape index (κ1) is 24.4. The van der Waals surface area contributed by atoms with E-state index in [2.05, 4.69) is 34.4 Å². The van der Waals surface area contributed by atoms with E-state index in [0.29, 0.717) is 5.75 Å². The summed E-state index contributed by atoms with van der Waals surface area (Å²) in [5.41, 5.74) is 1.81. The molecule has 0 saturated heterocycles. The minimum absolute atomic E-state index is 0.253. The Kier molecular flexibility index (Phi) is 10.2. The van der Waals surface area contributed by atoms with Crippen molar-refractivity contribution >= 4 is 11.8 Å². The molecule has 6 nitrogen and oxygen atoms in total. The monoisotopic (exact) mass is 458 g/mol. The predicted molar refractivity (Wildman–Crippen MR) is 128 cm³/mol. The second-order valence-corrected chi connectivity index (χ2v) is 9.09. The second kappa shape index (κ2) is 13.4. The van der Waals surface area contributed by atoms with E-state index in [1.165, 1.54) is 63.5 Å². The van der Waals surface area contributed by atoms with Crippen molar-refractivity contribution in [3.63, 3.8) is 0 Å². The normalized spacial score (nSPS) is 11.3. The smallest absolute Gasteiger partial charge is 0.191 e. The van der Waals surface area contributed by atoms with Crippen LogP contribution in [-0.4, -0.2) is 29.8 Å². The maximum Gasteiger partial charge on any atom is 0.191 e. The molecule has 3 aromatic rings. The van der Waals surface area contributed by atoms with E-state index in [1.54, 1.807) is 23.9 Å². The van der Waals surface area contributed by atoms with Crippen molar-refractivity contribution in [3.05, 3.63) is 42.0 Å². The number of aromatic nitrogens is 6. The van der Waals surface area contributed by atoms with Crippen molar-refractivity contribution in [2.24, 2.45) is 0 Å². The molecule has 0 bridgehead atoms. The molecule has 0 aliphatic heterocycles. The van der Waals surface area contributed by atoms with Gasteiger partial charge in [0.25, 0.3) is 0 Å². The standard InChI is InChI=1S/C24H35FN6S/c1-3-5-6-7-8-9-10-11-12-17-30-18-22(26-29-30)19-32-24-28-27-23(31(24)4-2)20-13-15-21(25)16-14-20/h13-16,18H,3-12,17,19H2,1-2H3. The molecule has 2 heterocycles. The summed E-state index contributed by atoms with van der Waals surface area (Å²) in [5.74, 6) is 1.19. The third-order valence-corrected chi connectivity index (χ3v) is 6.56. The van der Waals surface area contributed by atoms with Gasteiger partial charge in [-0.2, -0.15) is 0 Å². The summed E-state index contributed by atoms with van der Waals surface area (Å²) < 4.78 is 17.2. The Morgan fingerprint density at radius 2 is 1.53 bits per heavy atom. The number of unbranched alkanes of at least 4 members (excludes halogenated alkanes) is 8. The van der Waals surface area contributed by atoms with Crippen LogP contribution in [0.3, 0.4) is 0 Å². The third kappa shape index (κ3) is 7.43. The summed E-state index contributed by atoms with van der Waals surface area (Å²) >= 11 is 1.60. The fraction of sp³-hybridized carbons (Fsp3) is 0.583. The average molecular weight is 459 g/mol. The molecule has 3 rings (SSSR count). The van der Waals surface area contributed by atoms with E-state index in [-0.39, 0.29) is 5.82 Å². The van der Waals surface area contributed by atoms with Gasteiger partial charge in [-0.1, -0.05) is 75.3 Å². The van der Waals surface area contributed by atoms with Crippen LogP contribution >= 0.6 is 11.8 Å². The predicted octanol–water partition coefficient (Wildman–Crippen LogP) is 6.52. The summed E-state index contributed by atoms with van der Waals surface area (Å²) in [4.78, 5) is 0. The number of nitrogens with zero attached hydrogens (tertiary/aromatic N) is 6. The van der Waals surface area contributed by atoms with Crippen LogP contribution in [0.1, 0.15) is 77.3 Å². The summed E-state index contributed by atoms with van der Waals surface area (Å²) in [7, 11) is 0. The highest BCUT2D eigenvalue weighted by molar-refractivity contribution is 7.98. The fourth-order valence-corrected chi connectivity index (χ4v) is 4.61. The Labute approximate surface area is 195 Å². The topological polar surface area (TPSA) is 61.4 Å². The lowest BCUT2D eigenvalue weighted by atomic mass is 10.1. The molecule has 1 aromatic carbocycles. The maximum atomic E-state index is 13.2. The first-order valence-electron chi connectivity index (χ1n) is 11.9. The van der Waals surface area contributed by atoms with Gasteiger partial charge in [-0.3, -0.25) is 4.68 Å². The Morgan fingerprint density at radius 1 is 0.844 bits per heavy atom. The Bertz CT molecular complexity index is 921. The highest BCUT2D eigenvalue weighted by atomic mass is 32.2. The molecule has 0 aliphatic carbocycles. The van der Waals surface area contributed by atoms with Crippen LogP contribution in [0.15, 0.2) is 35.6 Å². The van der Waals surface area contributed by atoms with Gasteiger partial charge in [-0.05, 0) is 37.6 Å². The number of thioether (sulfide) groups is 1. The zero-order valence-corrected chi connectivity index (χ0v) is 20.2. The van der Waals surface area contributed by atoms with E-state index in [4.69, 9.17) is 0 Å².